The summed E-state index contributed by atoms with van der Waals surface area (Å²) in [5.74, 6) is -0.986. The van der Waals surface area contributed by atoms with Crippen LogP contribution in [-0.4, -0.2) is 41.6 Å². The maximum Gasteiger partial charge on any atom is 0.306 e. The molecule has 0 radical (unpaired) electrons. The van der Waals surface area contributed by atoms with Gasteiger partial charge in [-0.15, -0.1) is 0 Å². The highest BCUT2D eigenvalue weighted by Gasteiger charge is 2.33. The summed E-state index contributed by atoms with van der Waals surface area (Å²) >= 11 is 0. The Morgan fingerprint density at radius 2 is 1.92 bits per heavy atom. The first-order valence-corrected chi connectivity index (χ1v) is 8.55. The van der Waals surface area contributed by atoms with E-state index in [1.165, 1.54) is 4.90 Å². The lowest BCUT2D eigenvalue weighted by atomic mass is 9.86. The number of amides is 2. The second-order valence-corrected chi connectivity index (χ2v) is 6.61. The predicted molar refractivity (Wildman–Crippen MR) is 90.4 cm³/mol. The molecule has 7 heteroatoms. The number of ether oxygens (including phenoxy) is 1. The smallest absolute Gasteiger partial charge is 0.306 e. The minimum absolute atomic E-state index is 0.0353. The molecule has 0 aromatic heterocycles. The fourth-order valence-corrected chi connectivity index (χ4v) is 3.42. The number of nitrogens with one attached hydrogen (secondary N) is 1. The molecule has 0 spiro atoms. The highest BCUT2D eigenvalue weighted by Crippen LogP contribution is 2.33. The molecule has 134 valence electrons. The van der Waals surface area contributed by atoms with Crippen molar-refractivity contribution in [2.75, 3.05) is 11.4 Å². The zero-order chi connectivity index (χ0) is 18.0. The Morgan fingerprint density at radius 1 is 1.24 bits per heavy atom. The van der Waals surface area contributed by atoms with Crippen molar-refractivity contribution in [1.82, 2.24) is 5.32 Å². The van der Waals surface area contributed by atoms with Gasteiger partial charge in [0, 0.05) is 6.04 Å². The Bertz CT molecular complexity index is 682. The van der Waals surface area contributed by atoms with Crippen LogP contribution in [-0.2, 0) is 14.4 Å². The van der Waals surface area contributed by atoms with Gasteiger partial charge in [-0.25, -0.2) is 0 Å². The Balaban J connectivity index is 1.61. The van der Waals surface area contributed by atoms with Crippen LogP contribution in [0.25, 0.3) is 0 Å². The largest absolute Gasteiger partial charge is 0.481 e. The third-order valence-electron chi connectivity index (χ3n) is 4.82. The summed E-state index contributed by atoms with van der Waals surface area (Å²) in [6.07, 6.45) is 1.79. The fourth-order valence-electron chi connectivity index (χ4n) is 3.42. The zero-order valence-electron chi connectivity index (χ0n) is 14.1. The van der Waals surface area contributed by atoms with Gasteiger partial charge in [0.15, 0.2) is 6.10 Å². The summed E-state index contributed by atoms with van der Waals surface area (Å²) in [7, 11) is 0. The van der Waals surface area contributed by atoms with Crippen molar-refractivity contribution in [3.05, 3.63) is 24.3 Å². The first-order chi connectivity index (χ1) is 12.0. The summed E-state index contributed by atoms with van der Waals surface area (Å²) in [5, 5.41) is 12.0. The molecule has 2 amide bonds. The predicted octanol–water partition coefficient (Wildman–Crippen LogP) is 1.56. The van der Waals surface area contributed by atoms with Crippen molar-refractivity contribution in [3.8, 4) is 5.75 Å². The Morgan fingerprint density at radius 3 is 2.60 bits per heavy atom. The number of carboxylic acid groups (broad SMARTS) is 1. The maximum atomic E-state index is 12.4. The van der Waals surface area contributed by atoms with Crippen molar-refractivity contribution in [1.29, 1.82) is 0 Å². The average Bonchev–Trinajstić information content (AvgIpc) is 2.59. The molecule has 2 N–H and O–H groups in total. The highest BCUT2D eigenvalue weighted by atomic mass is 16.5. The third kappa shape index (κ3) is 3.75. The lowest BCUT2D eigenvalue weighted by Crippen LogP contribution is -2.50. The van der Waals surface area contributed by atoms with Gasteiger partial charge in [0.25, 0.3) is 5.91 Å². The normalized spacial score (nSPS) is 25.7. The fraction of sp³-hybridized carbons (Fsp3) is 0.500. The van der Waals surface area contributed by atoms with Crippen molar-refractivity contribution >= 4 is 23.5 Å². The first-order valence-electron chi connectivity index (χ1n) is 8.55. The van der Waals surface area contributed by atoms with E-state index in [4.69, 9.17) is 9.84 Å². The lowest BCUT2D eigenvalue weighted by Gasteiger charge is -2.33. The number of benzene rings is 1. The second kappa shape index (κ2) is 7.13. The van der Waals surface area contributed by atoms with Crippen LogP contribution in [0.2, 0.25) is 0 Å². The number of carbonyl (C=O) groups excluding carboxylic acids is 2. The van der Waals surface area contributed by atoms with Crippen molar-refractivity contribution in [2.24, 2.45) is 5.92 Å². The number of hydrogen-bond donors (Lipinski definition) is 2. The number of hydrogen-bond acceptors (Lipinski definition) is 4. The average molecular weight is 346 g/mol. The van der Waals surface area contributed by atoms with E-state index in [9.17, 15) is 14.4 Å². The molecule has 1 heterocycles. The molecule has 1 aromatic carbocycles. The SMILES string of the molecule is CC1Oc2ccccc2N(CC(=O)NC2CCC(C(=O)O)CC2)C1=O. The Hall–Kier alpha value is -2.57. The zero-order valence-corrected chi connectivity index (χ0v) is 14.1. The minimum Gasteiger partial charge on any atom is -0.481 e. The molecule has 0 saturated heterocycles. The van der Waals surface area contributed by atoms with Crippen LogP contribution in [0.1, 0.15) is 32.6 Å². The molecular weight excluding hydrogens is 324 g/mol. The van der Waals surface area contributed by atoms with Crippen LogP contribution in [0.4, 0.5) is 5.69 Å². The third-order valence-corrected chi connectivity index (χ3v) is 4.82. The molecular formula is C18H22N2O5. The molecule has 1 fully saturated rings. The Kier molecular flexibility index (Phi) is 4.92. The summed E-state index contributed by atoms with van der Waals surface area (Å²) < 4.78 is 5.56. The van der Waals surface area contributed by atoms with Crippen molar-refractivity contribution < 1.29 is 24.2 Å². The monoisotopic (exact) mass is 346 g/mol. The van der Waals surface area contributed by atoms with Gasteiger partial charge in [0.2, 0.25) is 5.91 Å². The lowest BCUT2D eigenvalue weighted by molar-refractivity contribution is -0.142. The van der Waals surface area contributed by atoms with Crippen LogP contribution in [0.3, 0.4) is 0 Å². The van der Waals surface area contributed by atoms with E-state index in [0.717, 1.165) is 0 Å². The van der Waals surface area contributed by atoms with Crippen molar-refractivity contribution in [2.45, 2.75) is 44.8 Å². The van der Waals surface area contributed by atoms with E-state index in [0.29, 0.717) is 37.1 Å². The number of anilines is 1. The van der Waals surface area contributed by atoms with E-state index in [-0.39, 0.29) is 30.3 Å². The van der Waals surface area contributed by atoms with E-state index in [2.05, 4.69) is 5.32 Å². The molecule has 7 nitrogen and oxygen atoms in total. The van der Waals surface area contributed by atoms with Gasteiger partial charge < -0.3 is 15.2 Å². The van der Waals surface area contributed by atoms with Crippen LogP contribution >= 0.6 is 0 Å². The summed E-state index contributed by atoms with van der Waals surface area (Å²) in [6, 6.07) is 7.11. The van der Waals surface area contributed by atoms with Crippen LogP contribution in [0.15, 0.2) is 24.3 Å². The van der Waals surface area contributed by atoms with E-state index in [1.54, 1.807) is 25.1 Å². The van der Waals surface area contributed by atoms with Crippen molar-refractivity contribution in [3.63, 3.8) is 0 Å². The molecule has 1 atom stereocenters. The van der Waals surface area contributed by atoms with Crippen LogP contribution < -0.4 is 15.0 Å². The molecule has 1 aliphatic carbocycles. The number of nitrogens with zero attached hydrogens (tertiary/aromatic N) is 1. The number of fused-ring (bicyclic) bond motifs is 1. The van der Waals surface area contributed by atoms with Crippen LogP contribution in [0.5, 0.6) is 5.75 Å². The van der Waals surface area contributed by atoms with E-state index >= 15 is 0 Å². The molecule has 1 aromatic rings. The number of rotatable bonds is 4. The maximum absolute atomic E-state index is 12.4. The molecule has 3 rings (SSSR count). The quantitative estimate of drug-likeness (QED) is 0.862. The topological polar surface area (TPSA) is 95.9 Å². The van der Waals surface area contributed by atoms with Crippen LogP contribution in [0, 0.1) is 5.92 Å². The molecule has 2 aliphatic rings. The highest BCUT2D eigenvalue weighted by molar-refractivity contribution is 6.03. The molecule has 0 bridgehead atoms. The Labute approximate surface area is 146 Å². The molecule has 1 aliphatic heterocycles. The van der Waals surface area contributed by atoms with Gasteiger partial charge in [-0.3, -0.25) is 19.3 Å². The van der Waals surface area contributed by atoms with Gasteiger partial charge in [-0.2, -0.15) is 0 Å². The number of aliphatic carboxylic acids is 1. The first kappa shape index (κ1) is 17.3. The number of para-hydroxylation sites is 2. The number of carboxylic acids is 1. The van der Waals surface area contributed by atoms with E-state index in [1.807, 2.05) is 6.07 Å². The minimum atomic E-state index is -0.769. The van der Waals surface area contributed by atoms with Gasteiger partial charge in [0.1, 0.15) is 12.3 Å². The summed E-state index contributed by atoms with van der Waals surface area (Å²) in [5.41, 5.74) is 0.593. The van der Waals surface area contributed by atoms with Gasteiger partial charge >= 0.3 is 5.97 Å². The second-order valence-electron chi connectivity index (χ2n) is 6.61. The molecule has 25 heavy (non-hydrogen) atoms. The number of carbonyl (C=O) groups is 3. The summed E-state index contributed by atoms with van der Waals surface area (Å²) in [6.45, 7) is 1.60. The summed E-state index contributed by atoms with van der Waals surface area (Å²) in [4.78, 5) is 37.2. The van der Waals surface area contributed by atoms with Gasteiger partial charge in [-0.05, 0) is 44.7 Å². The standard InChI is InChI=1S/C18H22N2O5/c1-11-17(22)20(14-4-2-3-5-15(14)25-11)10-16(21)19-13-8-6-12(7-9-13)18(23)24/h2-5,11-13H,6-10H2,1H3,(H,19,21)(H,23,24). The van der Waals surface area contributed by atoms with E-state index < -0.39 is 12.1 Å². The van der Waals surface area contributed by atoms with Gasteiger partial charge in [-0.1, -0.05) is 12.1 Å². The molecule has 1 saturated carbocycles. The van der Waals surface area contributed by atoms with Gasteiger partial charge in [0.05, 0.1) is 11.6 Å². The molecule has 1 unspecified atom stereocenters.